The Kier molecular flexibility index (Phi) is 2.74. The summed E-state index contributed by atoms with van der Waals surface area (Å²) in [5, 5.41) is 15.6. The first-order chi connectivity index (χ1) is 7.19. The van der Waals surface area contributed by atoms with E-state index in [-0.39, 0.29) is 18.8 Å². The van der Waals surface area contributed by atoms with E-state index in [1.807, 2.05) is 11.8 Å². The number of aromatic amines is 1. The predicted molar refractivity (Wildman–Crippen MR) is 54.4 cm³/mol. The maximum Gasteiger partial charge on any atom is 0.246 e. The number of aliphatic hydroxyl groups excluding tert-OH is 1. The Labute approximate surface area is 87.2 Å². The molecule has 2 atom stereocenters. The zero-order chi connectivity index (χ0) is 10.8. The maximum atomic E-state index is 9.05. The van der Waals surface area contributed by atoms with Gasteiger partial charge < -0.3 is 20.5 Å². The van der Waals surface area contributed by atoms with E-state index in [1.165, 1.54) is 0 Å². The van der Waals surface area contributed by atoms with Gasteiger partial charge in [-0.3, -0.25) is 0 Å². The molecule has 1 aromatic rings. The van der Waals surface area contributed by atoms with Crippen molar-refractivity contribution in [3.05, 3.63) is 0 Å². The van der Waals surface area contributed by atoms with Gasteiger partial charge in [-0.1, -0.05) is 0 Å². The second kappa shape index (κ2) is 4.03. The Morgan fingerprint density at radius 3 is 3.07 bits per heavy atom. The number of hydrogen-bond donors (Lipinski definition) is 3. The summed E-state index contributed by atoms with van der Waals surface area (Å²) < 4.78 is 5.51. The molecule has 4 N–H and O–H groups in total. The molecule has 84 valence electrons. The lowest BCUT2D eigenvalue weighted by atomic mass is 10.2. The van der Waals surface area contributed by atoms with E-state index in [0.717, 1.165) is 0 Å². The maximum absolute atomic E-state index is 9.05. The fourth-order valence-electron chi connectivity index (χ4n) is 1.72. The highest BCUT2D eigenvalue weighted by molar-refractivity contribution is 5.34. The summed E-state index contributed by atoms with van der Waals surface area (Å²) in [7, 11) is 0. The molecule has 1 aliphatic rings. The van der Waals surface area contributed by atoms with Crippen molar-refractivity contribution >= 4 is 11.9 Å². The highest BCUT2D eigenvalue weighted by atomic mass is 16.5. The van der Waals surface area contributed by atoms with E-state index in [9.17, 15) is 0 Å². The molecule has 2 unspecified atom stereocenters. The number of anilines is 2. The molecule has 1 fully saturated rings. The first-order valence-corrected chi connectivity index (χ1v) is 4.88. The molecule has 7 heteroatoms. The smallest absolute Gasteiger partial charge is 0.246 e. The van der Waals surface area contributed by atoms with Crippen LogP contribution in [0.1, 0.15) is 6.92 Å². The van der Waals surface area contributed by atoms with E-state index in [1.54, 1.807) is 0 Å². The third-order valence-corrected chi connectivity index (χ3v) is 2.30. The van der Waals surface area contributed by atoms with Crippen molar-refractivity contribution in [3.63, 3.8) is 0 Å². The summed E-state index contributed by atoms with van der Waals surface area (Å²) in [5.41, 5.74) is 5.45. The van der Waals surface area contributed by atoms with Crippen LogP contribution < -0.4 is 10.6 Å². The van der Waals surface area contributed by atoms with Crippen LogP contribution in [0.15, 0.2) is 0 Å². The Hall–Kier alpha value is -1.34. The minimum Gasteiger partial charge on any atom is -0.394 e. The lowest BCUT2D eigenvalue weighted by Gasteiger charge is -2.35. The summed E-state index contributed by atoms with van der Waals surface area (Å²) in [6.45, 7) is 3.23. The molecule has 0 amide bonds. The number of ether oxygens (including phenoxy) is 1. The molecule has 0 aliphatic carbocycles. The zero-order valence-electron chi connectivity index (χ0n) is 8.55. The number of morpholine rings is 1. The van der Waals surface area contributed by atoms with Gasteiger partial charge in [-0.25, -0.2) is 5.10 Å². The highest BCUT2D eigenvalue weighted by Gasteiger charge is 2.26. The van der Waals surface area contributed by atoms with Crippen molar-refractivity contribution < 1.29 is 9.84 Å². The molecule has 0 spiro atoms. The van der Waals surface area contributed by atoms with E-state index in [0.29, 0.717) is 25.0 Å². The number of nitrogens with one attached hydrogen (secondary N) is 1. The van der Waals surface area contributed by atoms with Crippen molar-refractivity contribution in [1.29, 1.82) is 0 Å². The second-order valence-electron chi connectivity index (χ2n) is 3.68. The largest absolute Gasteiger partial charge is 0.394 e. The standard InChI is InChI=1S/C8H15N5O2/c1-5-2-13(3-6(4-14)15-5)8-10-7(9)11-12-8/h5-6,14H,2-4H2,1H3,(H3,9,10,11,12). The summed E-state index contributed by atoms with van der Waals surface area (Å²) in [4.78, 5) is 5.98. The number of nitrogen functional groups attached to an aromatic ring is 1. The first-order valence-electron chi connectivity index (χ1n) is 4.88. The van der Waals surface area contributed by atoms with E-state index in [4.69, 9.17) is 15.6 Å². The second-order valence-corrected chi connectivity index (χ2v) is 3.68. The Morgan fingerprint density at radius 1 is 1.67 bits per heavy atom. The van der Waals surface area contributed by atoms with Gasteiger partial charge in [0, 0.05) is 13.1 Å². The molecule has 0 radical (unpaired) electrons. The molecule has 7 nitrogen and oxygen atoms in total. The molecule has 1 saturated heterocycles. The molecule has 1 aromatic heterocycles. The van der Waals surface area contributed by atoms with Crippen LogP contribution >= 0.6 is 0 Å². The molecule has 2 rings (SSSR count). The molecule has 0 bridgehead atoms. The third-order valence-electron chi connectivity index (χ3n) is 2.30. The Balaban J connectivity index is 2.08. The highest BCUT2D eigenvalue weighted by Crippen LogP contribution is 2.16. The molecular weight excluding hydrogens is 198 g/mol. The number of aromatic nitrogens is 3. The minimum atomic E-state index is -0.187. The zero-order valence-corrected chi connectivity index (χ0v) is 8.55. The van der Waals surface area contributed by atoms with Crippen molar-refractivity contribution in [3.8, 4) is 0 Å². The third kappa shape index (κ3) is 2.18. The van der Waals surface area contributed by atoms with Gasteiger partial charge >= 0.3 is 0 Å². The minimum absolute atomic E-state index is 0.000739. The summed E-state index contributed by atoms with van der Waals surface area (Å²) in [6.07, 6.45) is -0.135. The molecule has 0 saturated carbocycles. The first kappa shape index (κ1) is 10.2. The number of nitrogens with two attached hydrogens (primary N) is 1. The SMILES string of the molecule is CC1CN(c2n[nH]c(N)n2)CC(CO)O1. The van der Waals surface area contributed by atoms with Gasteiger partial charge in [0.1, 0.15) is 0 Å². The van der Waals surface area contributed by atoms with E-state index < -0.39 is 0 Å². The van der Waals surface area contributed by atoms with Crippen LogP contribution in [0.3, 0.4) is 0 Å². The monoisotopic (exact) mass is 213 g/mol. The number of rotatable bonds is 2. The fourth-order valence-corrected chi connectivity index (χ4v) is 1.72. The van der Waals surface area contributed by atoms with Crippen molar-refractivity contribution in [2.45, 2.75) is 19.1 Å². The Bertz CT molecular complexity index is 329. The molecular formula is C8H15N5O2. The average Bonchev–Trinajstić information content (AvgIpc) is 2.64. The van der Waals surface area contributed by atoms with Gasteiger partial charge in [0.05, 0.1) is 18.8 Å². The van der Waals surface area contributed by atoms with Crippen LogP contribution in [-0.2, 0) is 4.74 Å². The van der Waals surface area contributed by atoms with E-state index >= 15 is 0 Å². The summed E-state index contributed by atoms with van der Waals surface area (Å²) in [6, 6.07) is 0. The number of nitrogens with zero attached hydrogens (tertiary/aromatic N) is 3. The normalized spacial score (nSPS) is 26.9. The number of hydrogen-bond acceptors (Lipinski definition) is 6. The van der Waals surface area contributed by atoms with Crippen LogP contribution in [0.4, 0.5) is 11.9 Å². The number of H-pyrrole nitrogens is 1. The van der Waals surface area contributed by atoms with Gasteiger partial charge in [-0.15, -0.1) is 5.10 Å². The predicted octanol–water partition coefficient (Wildman–Crippen LogP) is -1.03. The van der Waals surface area contributed by atoms with Gasteiger partial charge in [-0.2, -0.15) is 4.98 Å². The Morgan fingerprint density at radius 2 is 2.47 bits per heavy atom. The lowest BCUT2D eigenvalue weighted by Crippen LogP contribution is -2.48. The lowest BCUT2D eigenvalue weighted by molar-refractivity contribution is -0.0424. The van der Waals surface area contributed by atoms with Gasteiger partial charge in [0.15, 0.2) is 0 Å². The van der Waals surface area contributed by atoms with Crippen molar-refractivity contribution in [2.24, 2.45) is 0 Å². The topological polar surface area (TPSA) is 100 Å². The fraction of sp³-hybridized carbons (Fsp3) is 0.750. The molecule has 15 heavy (non-hydrogen) atoms. The van der Waals surface area contributed by atoms with Crippen LogP contribution in [0.2, 0.25) is 0 Å². The molecule has 0 aromatic carbocycles. The van der Waals surface area contributed by atoms with Crippen LogP contribution in [0.5, 0.6) is 0 Å². The van der Waals surface area contributed by atoms with Gasteiger partial charge in [0.2, 0.25) is 11.9 Å². The van der Waals surface area contributed by atoms with Crippen molar-refractivity contribution in [2.75, 3.05) is 30.3 Å². The summed E-state index contributed by atoms with van der Waals surface area (Å²) >= 11 is 0. The number of aliphatic hydroxyl groups is 1. The van der Waals surface area contributed by atoms with Gasteiger partial charge in [0.25, 0.3) is 0 Å². The van der Waals surface area contributed by atoms with Crippen LogP contribution in [0.25, 0.3) is 0 Å². The van der Waals surface area contributed by atoms with Gasteiger partial charge in [-0.05, 0) is 6.92 Å². The molecule has 1 aliphatic heterocycles. The summed E-state index contributed by atoms with van der Waals surface area (Å²) in [5.74, 6) is 0.853. The van der Waals surface area contributed by atoms with Crippen LogP contribution in [-0.4, -0.2) is 52.2 Å². The quantitative estimate of drug-likeness (QED) is 0.581. The van der Waals surface area contributed by atoms with Crippen molar-refractivity contribution in [1.82, 2.24) is 15.2 Å². The van der Waals surface area contributed by atoms with Crippen LogP contribution in [0, 0.1) is 0 Å². The molecule has 2 heterocycles. The van der Waals surface area contributed by atoms with E-state index in [2.05, 4.69) is 15.2 Å². The average molecular weight is 213 g/mol.